The number of hydrogen-bond donors (Lipinski definition) is 1. The van der Waals surface area contributed by atoms with Crippen LogP contribution in [0, 0.1) is 5.92 Å². The first-order valence-electron chi connectivity index (χ1n) is 7.81. The number of allylic oxidation sites excluding steroid dienone is 4. The van der Waals surface area contributed by atoms with Crippen LogP contribution >= 0.6 is 0 Å². The van der Waals surface area contributed by atoms with E-state index in [0.717, 1.165) is 25.7 Å². The fraction of sp³-hybridized carbons (Fsp3) is 0.722. The van der Waals surface area contributed by atoms with Crippen molar-refractivity contribution in [1.29, 1.82) is 0 Å². The van der Waals surface area contributed by atoms with Gasteiger partial charge < -0.3 is 9.84 Å². The molecular weight excluding hydrogens is 264 g/mol. The number of aliphatic hydroxyl groups is 1. The van der Waals surface area contributed by atoms with Crippen LogP contribution in [0.15, 0.2) is 23.3 Å². The maximum absolute atomic E-state index is 11.4. The lowest BCUT2D eigenvalue weighted by atomic mass is 10.0. The van der Waals surface area contributed by atoms with Crippen molar-refractivity contribution < 1.29 is 14.6 Å². The highest BCUT2D eigenvalue weighted by Crippen LogP contribution is 2.13. The predicted octanol–water partition coefficient (Wildman–Crippen LogP) is 4.41. The Morgan fingerprint density at radius 3 is 2.33 bits per heavy atom. The Bertz CT molecular complexity index is 368. The highest BCUT2D eigenvalue weighted by Gasteiger charge is 2.25. The van der Waals surface area contributed by atoms with Crippen molar-refractivity contribution in [2.24, 2.45) is 5.92 Å². The van der Waals surface area contributed by atoms with Crippen molar-refractivity contribution in [3.05, 3.63) is 23.3 Å². The molecule has 0 aromatic rings. The molecule has 0 rings (SSSR count). The van der Waals surface area contributed by atoms with Gasteiger partial charge in [-0.25, -0.2) is 4.79 Å². The third-order valence-electron chi connectivity index (χ3n) is 3.24. The van der Waals surface area contributed by atoms with Crippen LogP contribution < -0.4 is 0 Å². The average molecular weight is 296 g/mol. The van der Waals surface area contributed by atoms with E-state index in [4.69, 9.17) is 4.74 Å². The maximum atomic E-state index is 11.4. The number of carbonyl (C=O) groups excluding carboxylic acids is 1. The molecule has 0 amide bonds. The van der Waals surface area contributed by atoms with Gasteiger partial charge in [0.05, 0.1) is 6.61 Å². The smallest absolute Gasteiger partial charge is 0.337 e. The van der Waals surface area contributed by atoms with E-state index < -0.39 is 11.6 Å². The second kappa shape index (κ2) is 9.78. The minimum Gasteiger partial charge on any atom is -0.463 e. The van der Waals surface area contributed by atoms with E-state index in [1.807, 2.05) is 0 Å². The first kappa shape index (κ1) is 19.9. The van der Waals surface area contributed by atoms with Gasteiger partial charge in [-0.15, -0.1) is 0 Å². The molecule has 0 aromatic carbocycles. The lowest BCUT2D eigenvalue weighted by Crippen LogP contribution is -2.34. The van der Waals surface area contributed by atoms with Crippen molar-refractivity contribution in [2.45, 2.75) is 72.8 Å². The first-order chi connectivity index (χ1) is 9.62. The highest BCUT2D eigenvalue weighted by molar-refractivity contribution is 5.78. The van der Waals surface area contributed by atoms with E-state index >= 15 is 0 Å². The molecule has 1 unspecified atom stereocenters. The molecule has 1 N–H and O–H groups in total. The van der Waals surface area contributed by atoms with Crippen molar-refractivity contribution in [3.63, 3.8) is 0 Å². The zero-order chi connectivity index (χ0) is 16.5. The molecule has 0 saturated carbocycles. The van der Waals surface area contributed by atoms with Crippen LogP contribution in [0.5, 0.6) is 0 Å². The normalized spacial score (nSPS) is 13.8. The molecule has 122 valence electrons. The molecule has 3 heteroatoms. The summed E-state index contributed by atoms with van der Waals surface area (Å²) < 4.78 is 5.10. The Morgan fingerprint density at radius 2 is 1.81 bits per heavy atom. The first-order valence-corrected chi connectivity index (χ1v) is 7.81. The van der Waals surface area contributed by atoms with Gasteiger partial charge in [0.1, 0.15) is 0 Å². The predicted molar refractivity (Wildman–Crippen MR) is 88.1 cm³/mol. The Labute approximate surface area is 130 Å². The molecule has 0 saturated heterocycles. The van der Waals surface area contributed by atoms with E-state index in [2.05, 4.69) is 39.8 Å². The largest absolute Gasteiger partial charge is 0.463 e. The quantitative estimate of drug-likeness (QED) is 0.506. The summed E-state index contributed by atoms with van der Waals surface area (Å²) in [6, 6.07) is 0. The zero-order valence-corrected chi connectivity index (χ0v) is 14.5. The van der Waals surface area contributed by atoms with Gasteiger partial charge in [0.15, 0.2) is 5.60 Å². The van der Waals surface area contributed by atoms with Gasteiger partial charge in [-0.05, 0) is 66.2 Å². The molecule has 0 heterocycles. The van der Waals surface area contributed by atoms with E-state index in [1.165, 1.54) is 25.0 Å². The number of ether oxygens (including phenoxy) is 1. The van der Waals surface area contributed by atoms with Crippen molar-refractivity contribution in [2.75, 3.05) is 6.61 Å². The summed E-state index contributed by atoms with van der Waals surface area (Å²) in [6.45, 7) is 11.7. The van der Waals surface area contributed by atoms with Gasteiger partial charge in [0.2, 0.25) is 0 Å². The molecule has 0 bridgehead atoms. The molecule has 21 heavy (non-hydrogen) atoms. The number of hydrogen-bond acceptors (Lipinski definition) is 3. The lowest BCUT2D eigenvalue weighted by Gasteiger charge is -2.17. The second-order valence-electron chi connectivity index (χ2n) is 6.71. The van der Waals surface area contributed by atoms with Crippen LogP contribution in [-0.4, -0.2) is 23.3 Å². The Hall–Kier alpha value is -1.09. The fourth-order valence-electron chi connectivity index (χ4n) is 1.78. The minimum absolute atomic E-state index is 0.304. The van der Waals surface area contributed by atoms with Gasteiger partial charge in [-0.2, -0.15) is 0 Å². The van der Waals surface area contributed by atoms with E-state index in [9.17, 15) is 9.90 Å². The summed E-state index contributed by atoms with van der Waals surface area (Å²) in [6.07, 6.45) is 8.72. The maximum Gasteiger partial charge on any atom is 0.337 e. The van der Waals surface area contributed by atoms with Crippen LogP contribution in [-0.2, 0) is 9.53 Å². The lowest BCUT2D eigenvalue weighted by molar-refractivity contribution is -0.163. The molecule has 0 radical (unpaired) electrons. The summed E-state index contributed by atoms with van der Waals surface area (Å²) in [5.74, 6) is -0.249. The van der Waals surface area contributed by atoms with E-state index in [-0.39, 0.29) is 0 Å². The van der Waals surface area contributed by atoms with E-state index in [0.29, 0.717) is 12.5 Å². The van der Waals surface area contributed by atoms with Crippen LogP contribution in [0.1, 0.15) is 67.2 Å². The average Bonchev–Trinajstić information content (AvgIpc) is 2.34. The van der Waals surface area contributed by atoms with Crippen LogP contribution in [0.3, 0.4) is 0 Å². The number of carbonyl (C=O) groups is 1. The minimum atomic E-state index is -1.40. The molecule has 0 fully saturated rings. The molecule has 0 aromatic heterocycles. The molecule has 0 aliphatic heterocycles. The third kappa shape index (κ3) is 11.3. The van der Waals surface area contributed by atoms with Gasteiger partial charge >= 0.3 is 5.97 Å². The van der Waals surface area contributed by atoms with Gasteiger partial charge in [-0.1, -0.05) is 30.2 Å². The standard InChI is InChI=1S/C18H32O3/c1-14(2)9-7-10-15(3)11-8-12-16(4)13-21-17(19)18(5,6)20/h9,11,16,20H,7-8,10,12-13H2,1-6H3. The van der Waals surface area contributed by atoms with Crippen molar-refractivity contribution in [1.82, 2.24) is 0 Å². The monoisotopic (exact) mass is 296 g/mol. The Balaban J connectivity index is 3.90. The van der Waals surface area contributed by atoms with Crippen LogP contribution in [0.4, 0.5) is 0 Å². The van der Waals surface area contributed by atoms with Gasteiger partial charge in [-0.3, -0.25) is 0 Å². The summed E-state index contributed by atoms with van der Waals surface area (Å²) in [7, 11) is 0. The van der Waals surface area contributed by atoms with Gasteiger partial charge in [0, 0.05) is 0 Å². The van der Waals surface area contributed by atoms with Crippen molar-refractivity contribution >= 4 is 5.97 Å². The SMILES string of the molecule is CC(C)=CCCC(C)=CCCC(C)COC(=O)C(C)(C)O. The van der Waals surface area contributed by atoms with Gasteiger partial charge in [0.25, 0.3) is 0 Å². The van der Waals surface area contributed by atoms with Crippen LogP contribution in [0.2, 0.25) is 0 Å². The van der Waals surface area contributed by atoms with Crippen LogP contribution in [0.25, 0.3) is 0 Å². The molecule has 0 spiro atoms. The molecule has 0 aliphatic carbocycles. The summed E-state index contributed by atoms with van der Waals surface area (Å²) in [5.41, 5.74) is 1.37. The second-order valence-corrected chi connectivity index (χ2v) is 6.71. The number of esters is 1. The van der Waals surface area contributed by atoms with Crippen molar-refractivity contribution in [3.8, 4) is 0 Å². The topological polar surface area (TPSA) is 46.5 Å². The summed E-state index contributed by atoms with van der Waals surface area (Å²) in [4.78, 5) is 11.4. The molecule has 1 atom stereocenters. The number of rotatable bonds is 9. The summed E-state index contributed by atoms with van der Waals surface area (Å²) >= 11 is 0. The summed E-state index contributed by atoms with van der Waals surface area (Å²) in [5, 5.41) is 9.48. The Morgan fingerprint density at radius 1 is 1.19 bits per heavy atom. The molecular formula is C18H32O3. The zero-order valence-electron chi connectivity index (χ0n) is 14.5. The molecule has 0 aliphatic rings. The van der Waals surface area contributed by atoms with E-state index in [1.54, 1.807) is 0 Å². The fourth-order valence-corrected chi connectivity index (χ4v) is 1.78. The highest BCUT2D eigenvalue weighted by atomic mass is 16.5. The Kier molecular flexibility index (Phi) is 9.27. The third-order valence-corrected chi connectivity index (χ3v) is 3.24. The molecule has 3 nitrogen and oxygen atoms in total.